The average molecular weight is 245 g/mol. The third-order valence-electron chi connectivity index (χ3n) is 3.03. The van der Waals surface area contributed by atoms with Crippen molar-refractivity contribution in [1.82, 2.24) is 0 Å². The molecule has 1 aliphatic rings. The van der Waals surface area contributed by atoms with Crippen LogP contribution in [0.1, 0.15) is 24.3 Å². The van der Waals surface area contributed by atoms with Crippen molar-refractivity contribution < 1.29 is 4.74 Å². The van der Waals surface area contributed by atoms with Crippen LogP contribution in [0.4, 0.5) is 0 Å². The highest BCUT2D eigenvalue weighted by Gasteiger charge is 2.41. The maximum atomic E-state index is 6.40. The molecule has 0 amide bonds. The summed E-state index contributed by atoms with van der Waals surface area (Å²) < 4.78 is 5.72. The predicted molar refractivity (Wildman–Crippen MR) is 65.9 cm³/mol. The highest BCUT2D eigenvalue weighted by atomic mass is 35.5. The monoisotopic (exact) mass is 244 g/mol. The molecule has 0 spiro atoms. The maximum Gasteiger partial charge on any atom is 0.0793 e. The Labute approximate surface area is 100 Å². The van der Waals surface area contributed by atoms with Crippen LogP contribution in [-0.4, -0.2) is 17.6 Å². The van der Waals surface area contributed by atoms with E-state index in [4.69, 9.17) is 16.3 Å². The molecule has 0 aliphatic carbocycles. The number of ether oxygens (including phenoxy) is 1. The number of aryl methyl sites for hydroxylation is 1. The van der Waals surface area contributed by atoms with Crippen molar-refractivity contribution in [2.75, 3.05) is 6.61 Å². The molecule has 1 nitrogen and oxygen atoms in total. The molecule has 1 saturated heterocycles. The third kappa shape index (κ3) is 2.38. The molecule has 1 aliphatic heterocycles. The first kappa shape index (κ1) is 11.4. The van der Waals surface area contributed by atoms with Crippen LogP contribution >= 0.6 is 22.9 Å². The van der Waals surface area contributed by atoms with E-state index >= 15 is 0 Å². The van der Waals surface area contributed by atoms with Gasteiger partial charge in [-0.1, -0.05) is 0 Å². The Hall–Kier alpha value is -0.0500. The molecule has 0 radical (unpaired) electrons. The van der Waals surface area contributed by atoms with Gasteiger partial charge in [-0.3, -0.25) is 0 Å². The molecular weight excluding hydrogens is 228 g/mol. The molecule has 0 saturated carbocycles. The Kier molecular flexibility index (Phi) is 3.11. The molecule has 1 fully saturated rings. The van der Waals surface area contributed by atoms with Crippen LogP contribution in [0.2, 0.25) is 0 Å². The summed E-state index contributed by atoms with van der Waals surface area (Å²) in [5, 5.41) is 2.35. The van der Waals surface area contributed by atoms with Gasteiger partial charge in [0.1, 0.15) is 0 Å². The minimum absolute atomic E-state index is 0.123. The van der Waals surface area contributed by atoms with Crippen molar-refractivity contribution in [3.8, 4) is 0 Å². The number of hydrogen-bond acceptors (Lipinski definition) is 2. The molecule has 3 heteroatoms. The van der Waals surface area contributed by atoms with Crippen LogP contribution in [0.3, 0.4) is 0 Å². The van der Waals surface area contributed by atoms with Crippen LogP contribution < -0.4 is 0 Å². The Morgan fingerprint density at radius 3 is 2.80 bits per heavy atom. The molecule has 84 valence electrons. The zero-order valence-corrected chi connectivity index (χ0v) is 11.0. The van der Waals surface area contributed by atoms with Crippen molar-refractivity contribution in [3.05, 3.63) is 21.9 Å². The predicted octanol–water partition coefficient (Wildman–Crippen LogP) is 3.63. The number of thiophene rings is 1. The lowest BCUT2D eigenvalue weighted by molar-refractivity contribution is 0.0365. The lowest BCUT2D eigenvalue weighted by Gasteiger charge is -2.22. The summed E-state index contributed by atoms with van der Waals surface area (Å²) >= 11 is 8.21. The Balaban J connectivity index is 2.02. The fraction of sp³-hybridized carbons (Fsp3) is 0.667. The summed E-state index contributed by atoms with van der Waals surface area (Å²) in [5.74, 6) is 0.454. The highest BCUT2D eigenvalue weighted by Crippen LogP contribution is 2.36. The molecule has 0 bridgehead atoms. The van der Waals surface area contributed by atoms with Gasteiger partial charge in [-0.2, -0.15) is 0 Å². The molecule has 2 unspecified atom stereocenters. The normalized spacial score (nSPS) is 29.6. The smallest absolute Gasteiger partial charge is 0.0793 e. The number of alkyl halides is 1. The summed E-state index contributed by atoms with van der Waals surface area (Å²) in [6.45, 7) is 7.07. The van der Waals surface area contributed by atoms with Crippen molar-refractivity contribution >= 4 is 22.9 Å². The maximum absolute atomic E-state index is 6.40. The van der Waals surface area contributed by atoms with Gasteiger partial charge < -0.3 is 4.74 Å². The van der Waals surface area contributed by atoms with Crippen LogP contribution in [0.15, 0.2) is 11.4 Å². The van der Waals surface area contributed by atoms with Gasteiger partial charge in [0.25, 0.3) is 0 Å². The molecule has 1 aromatic rings. The summed E-state index contributed by atoms with van der Waals surface area (Å²) in [4.78, 5) is 1.37. The molecule has 2 atom stereocenters. The fourth-order valence-electron chi connectivity index (χ4n) is 2.12. The van der Waals surface area contributed by atoms with E-state index in [-0.39, 0.29) is 11.0 Å². The molecule has 1 aromatic heterocycles. The number of halogens is 1. The second kappa shape index (κ2) is 4.08. The minimum atomic E-state index is -0.169. The Morgan fingerprint density at radius 1 is 1.60 bits per heavy atom. The van der Waals surface area contributed by atoms with Crippen molar-refractivity contribution in [2.24, 2.45) is 5.92 Å². The number of rotatable bonds is 2. The molecule has 15 heavy (non-hydrogen) atoms. The van der Waals surface area contributed by atoms with Gasteiger partial charge in [-0.25, -0.2) is 0 Å². The van der Waals surface area contributed by atoms with Gasteiger partial charge >= 0.3 is 0 Å². The molecule has 2 rings (SSSR count). The molecular formula is C12H17ClOS. The van der Waals surface area contributed by atoms with Gasteiger partial charge in [0.15, 0.2) is 0 Å². The van der Waals surface area contributed by atoms with Crippen LogP contribution in [-0.2, 0) is 11.2 Å². The minimum Gasteiger partial charge on any atom is -0.374 e. The largest absolute Gasteiger partial charge is 0.374 e. The van der Waals surface area contributed by atoms with E-state index < -0.39 is 0 Å². The van der Waals surface area contributed by atoms with E-state index in [0.717, 1.165) is 13.0 Å². The lowest BCUT2D eigenvalue weighted by Crippen LogP contribution is -2.31. The zero-order chi connectivity index (χ0) is 11.1. The summed E-state index contributed by atoms with van der Waals surface area (Å²) in [6.07, 6.45) is 1.04. The second-order valence-electron chi connectivity index (χ2n) is 4.85. The first-order valence-electron chi connectivity index (χ1n) is 5.31. The van der Waals surface area contributed by atoms with Gasteiger partial charge in [0, 0.05) is 10.8 Å². The number of hydrogen-bond donors (Lipinski definition) is 0. The molecule has 0 aromatic carbocycles. The van der Waals surface area contributed by atoms with Crippen molar-refractivity contribution in [3.63, 3.8) is 0 Å². The summed E-state index contributed by atoms with van der Waals surface area (Å²) in [7, 11) is 0. The molecule has 0 N–H and O–H groups in total. The van der Waals surface area contributed by atoms with Crippen LogP contribution in [0.25, 0.3) is 0 Å². The van der Waals surface area contributed by atoms with Crippen molar-refractivity contribution in [2.45, 2.75) is 38.2 Å². The van der Waals surface area contributed by atoms with E-state index in [9.17, 15) is 0 Å². The van der Waals surface area contributed by atoms with Crippen molar-refractivity contribution in [1.29, 1.82) is 0 Å². The van der Waals surface area contributed by atoms with Crippen LogP contribution in [0, 0.1) is 12.8 Å². The summed E-state index contributed by atoms with van der Waals surface area (Å²) in [6, 6.07) is 2.25. The lowest BCUT2D eigenvalue weighted by atomic mass is 9.92. The van der Waals surface area contributed by atoms with Crippen LogP contribution in [0.5, 0.6) is 0 Å². The summed E-state index contributed by atoms with van der Waals surface area (Å²) in [5.41, 5.74) is 1.23. The molecule has 2 heterocycles. The SMILES string of the molecule is Cc1cc(CC2COC(C)(C)C2Cl)cs1. The fourth-order valence-corrected chi connectivity index (χ4v) is 3.07. The highest BCUT2D eigenvalue weighted by molar-refractivity contribution is 7.10. The third-order valence-corrected chi connectivity index (χ3v) is 4.82. The van der Waals surface area contributed by atoms with E-state index in [0.29, 0.717) is 5.92 Å². The van der Waals surface area contributed by atoms with Gasteiger partial charge in [0.2, 0.25) is 0 Å². The Bertz CT molecular complexity index is 345. The zero-order valence-electron chi connectivity index (χ0n) is 9.42. The first-order valence-corrected chi connectivity index (χ1v) is 6.63. The van der Waals surface area contributed by atoms with E-state index in [1.807, 2.05) is 0 Å². The topological polar surface area (TPSA) is 9.23 Å². The quantitative estimate of drug-likeness (QED) is 0.722. The average Bonchev–Trinajstić information content (AvgIpc) is 2.66. The van der Waals surface area contributed by atoms with Gasteiger partial charge in [0.05, 0.1) is 17.6 Å². The van der Waals surface area contributed by atoms with Gasteiger partial charge in [-0.15, -0.1) is 22.9 Å². The second-order valence-corrected chi connectivity index (χ2v) is 6.43. The van der Waals surface area contributed by atoms with E-state index in [1.54, 1.807) is 11.3 Å². The standard InChI is InChI=1S/C12H17ClOS/c1-8-4-9(7-15-8)5-10-6-14-12(2,3)11(10)13/h4,7,10-11H,5-6H2,1-3H3. The Morgan fingerprint density at radius 2 is 2.33 bits per heavy atom. The first-order chi connectivity index (χ1) is 6.99. The van der Waals surface area contributed by atoms with Gasteiger partial charge in [-0.05, 0) is 44.2 Å². The van der Waals surface area contributed by atoms with E-state index in [1.165, 1.54) is 10.4 Å². The van der Waals surface area contributed by atoms with E-state index in [2.05, 4.69) is 32.2 Å².